The fraction of sp³-hybridized carbons (Fsp3) is 0.182. The van der Waals surface area contributed by atoms with Crippen molar-refractivity contribution in [3.05, 3.63) is 85.1 Å². The highest BCUT2D eigenvalue weighted by atomic mass is 79.9. The molecule has 160 valence electrons. The van der Waals surface area contributed by atoms with E-state index in [2.05, 4.69) is 15.9 Å². The van der Waals surface area contributed by atoms with Crippen LogP contribution in [0.4, 0.5) is 10.1 Å². The van der Waals surface area contributed by atoms with Crippen LogP contribution in [-0.4, -0.2) is 16.5 Å². The van der Waals surface area contributed by atoms with E-state index < -0.39 is 39.4 Å². The summed E-state index contributed by atoms with van der Waals surface area (Å²) in [6.07, 6.45) is 0. The monoisotopic (exact) mass is 489 g/mol. The van der Waals surface area contributed by atoms with Crippen LogP contribution < -0.4 is 5.63 Å². The molecule has 31 heavy (non-hydrogen) atoms. The van der Waals surface area contributed by atoms with E-state index in [0.717, 1.165) is 12.1 Å². The van der Waals surface area contributed by atoms with E-state index in [1.165, 1.54) is 6.07 Å². The lowest BCUT2D eigenvalue weighted by molar-refractivity contribution is -0.386. The van der Waals surface area contributed by atoms with Crippen molar-refractivity contribution in [2.24, 2.45) is 0 Å². The molecule has 0 saturated carbocycles. The zero-order valence-corrected chi connectivity index (χ0v) is 18.4. The van der Waals surface area contributed by atoms with E-state index in [1.807, 2.05) is 0 Å². The van der Waals surface area contributed by atoms with Gasteiger partial charge in [-0.05, 0) is 54.4 Å². The Morgan fingerprint density at radius 3 is 2.35 bits per heavy atom. The van der Waals surface area contributed by atoms with Crippen LogP contribution in [0, 0.1) is 15.9 Å². The second-order valence-corrected chi connectivity index (χ2v) is 8.42. The minimum atomic E-state index is -1.11. The Balaban J connectivity index is 2.49. The van der Waals surface area contributed by atoms with Gasteiger partial charge >= 0.3 is 17.3 Å². The van der Waals surface area contributed by atoms with Crippen LogP contribution in [0.25, 0.3) is 22.3 Å². The van der Waals surface area contributed by atoms with Gasteiger partial charge in [-0.1, -0.05) is 30.3 Å². The highest BCUT2D eigenvalue weighted by Gasteiger charge is 2.33. The van der Waals surface area contributed by atoms with Crippen LogP contribution >= 0.6 is 15.9 Å². The Morgan fingerprint density at radius 1 is 1.13 bits per heavy atom. The van der Waals surface area contributed by atoms with Crippen molar-refractivity contribution in [3.63, 3.8) is 0 Å². The minimum Gasteiger partial charge on any atom is -0.454 e. The summed E-state index contributed by atoms with van der Waals surface area (Å²) in [5, 5.41) is 11.7. The van der Waals surface area contributed by atoms with E-state index in [4.69, 9.17) is 9.15 Å². The maximum atomic E-state index is 14.5. The largest absolute Gasteiger partial charge is 0.454 e. The summed E-state index contributed by atoms with van der Waals surface area (Å²) >= 11 is 3.21. The van der Waals surface area contributed by atoms with Crippen molar-refractivity contribution in [1.82, 2.24) is 0 Å². The number of nitro benzene ring substituents is 1. The molecule has 0 N–H and O–H groups in total. The summed E-state index contributed by atoms with van der Waals surface area (Å²) in [6, 6.07) is 11.7. The van der Waals surface area contributed by atoms with Gasteiger partial charge < -0.3 is 9.15 Å². The van der Waals surface area contributed by atoms with Crippen LogP contribution in [-0.2, 0) is 4.74 Å². The Labute approximate surface area is 184 Å². The molecule has 0 spiro atoms. The molecule has 0 aliphatic heterocycles. The summed E-state index contributed by atoms with van der Waals surface area (Å²) in [4.78, 5) is 36.1. The van der Waals surface area contributed by atoms with Crippen LogP contribution in [0.3, 0.4) is 0 Å². The summed E-state index contributed by atoms with van der Waals surface area (Å²) in [7, 11) is 0. The number of nitro groups is 1. The van der Waals surface area contributed by atoms with Crippen LogP contribution in [0.5, 0.6) is 0 Å². The molecule has 0 fully saturated rings. The lowest BCUT2D eigenvalue weighted by Crippen LogP contribution is -2.25. The molecule has 0 bridgehead atoms. The molecule has 7 nitrogen and oxygen atoms in total. The molecule has 0 atom stereocenters. The molecule has 0 saturated heterocycles. The molecule has 2 aromatic carbocycles. The van der Waals surface area contributed by atoms with E-state index in [-0.39, 0.29) is 21.2 Å². The van der Waals surface area contributed by atoms with Gasteiger partial charge in [-0.3, -0.25) is 10.1 Å². The highest BCUT2D eigenvalue weighted by molar-refractivity contribution is 9.10. The average molecular weight is 490 g/mol. The second kappa shape index (κ2) is 8.43. The fourth-order valence-corrected chi connectivity index (χ4v) is 3.53. The molecule has 3 rings (SSSR count). The number of benzene rings is 2. The quantitative estimate of drug-likeness (QED) is 0.263. The first-order chi connectivity index (χ1) is 14.5. The third-order valence-electron chi connectivity index (χ3n) is 4.14. The SMILES string of the molecule is CC(C)(C)OC(=O)c1oc(=O)cc(-c2ccccc2)c1-c1c(Br)ccc(F)c1[N+](=O)[O-]. The third kappa shape index (κ3) is 4.72. The molecular weight excluding hydrogens is 473 g/mol. The summed E-state index contributed by atoms with van der Waals surface area (Å²) in [5.41, 5.74) is -2.41. The van der Waals surface area contributed by atoms with Gasteiger partial charge in [0.25, 0.3) is 0 Å². The first-order valence-corrected chi connectivity index (χ1v) is 9.88. The number of esters is 1. The lowest BCUT2D eigenvalue weighted by Gasteiger charge is -2.21. The zero-order chi connectivity index (χ0) is 22.9. The first kappa shape index (κ1) is 22.4. The number of ether oxygens (including phenoxy) is 1. The van der Waals surface area contributed by atoms with Crippen LogP contribution in [0.1, 0.15) is 31.3 Å². The van der Waals surface area contributed by atoms with Crippen molar-refractivity contribution < 1.29 is 23.3 Å². The average Bonchev–Trinajstić information content (AvgIpc) is 2.68. The maximum Gasteiger partial charge on any atom is 0.375 e. The summed E-state index contributed by atoms with van der Waals surface area (Å²) < 4.78 is 25.2. The molecule has 9 heteroatoms. The second-order valence-electron chi connectivity index (χ2n) is 7.56. The van der Waals surface area contributed by atoms with Crippen LogP contribution in [0.15, 0.2) is 62.2 Å². The van der Waals surface area contributed by atoms with Gasteiger partial charge in [0.15, 0.2) is 0 Å². The number of hydrogen-bond donors (Lipinski definition) is 0. The molecule has 1 heterocycles. The minimum absolute atomic E-state index is 0.127. The number of carbonyl (C=O) groups excluding carboxylic acids is 1. The van der Waals surface area contributed by atoms with Gasteiger partial charge in [-0.15, -0.1) is 0 Å². The Bertz CT molecular complexity index is 1230. The van der Waals surface area contributed by atoms with E-state index >= 15 is 0 Å². The van der Waals surface area contributed by atoms with Crippen molar-refractivity contribution in [2.45, 2.75) is 26.4 Å². The number of nitrogens with zero attached hydrogens (tertiary/aromatic N) is 1. The van der Waals surface area contributed by atoms with Gasteiger partial charge in [-0.25, -0.2) is 9.59 Å². The zero-order valence-electron chi connectivity index (χ0n) is 16.8. The fourth-order valence-electron chi connectivity index (χ4n) is 3.01. The Morgan fingerprint density at radius 2 is 1.77 bits per heavy atom. The van der Waals surface area contributed by atoms with Crippen molar-refractivity contribution in [2.75, 3.05) is 0 Å². The molecule has 0 aliphatic rings. The molecule has 1 aromatic heterocycles. The van der Waals surface area contributed by atoms with Gasteiger partial charge in [0.05, 0.1) is 10.5 Å². The van der Waals surface area contributed by atoms with Crippen molar-refractivity contribution >= 4 is 27.6 Å². The van der Waals surface area contributed by atoms with Crippen molar-refractivity contribution in [1.29, 1.82) is 0 Å². The molecule has 0 aliphatic carbocycles. The topological polar surface area (TPSA) is 99.7 Å². The highest BCUT2D eigenvalue weighted by Crippen LogP contribution is 2.44. The predicted molar refractivity (Wildman–Crippen MR) is 115 cm³/mol. The van der Waals surface area contributed by atoms with Gasteiger partial charge in [0.1, 0.15) is 5.60 Å². The van der Waals surface area contributed by atoms with E-state index in [9.17, 15) is 24.1 Å². The third-order valence-corrected chi connectivity index (χ3v) is 4.80. The number of halogens is 2. The lowest BCUT2D eigenvalue weighted by atomic mass is 9.93. The molecule has 0 radical (unpaired) electrons. The number of hydrogen-bond acceptors (Lipinski definition) is 6. The molecular formula is C22H17BrFNO6. The van der Waals surface area contributed by atoms with Gasteiger partial charge in [0.2, 0.25) is 11.6 Å². The standard InChI is InChI=1S/C22H17BrFNO6/c1-22(2,3)31-21(27)20-17(18-14(23)9-10-15(24)19(18)25(28)29)13(11-16(26)30-20)12-7-5-4-6-8-12/h4-11H,1-3H3. The van der Waals surface area contributed by atoms with Gasteiger partial charge in [-0.2, -0.15) is 4.39 Å². The normalized spacial score (nSPS) is 11.3. The van der Waals surface area contributed by atoms with Crippen molar-refractivity contribution in [3.8, 4) is 22.3 Å². The van der Waals surface area contributed by atoms with E-state index in [1.54, 1.807) is 51.1 Å². The van der Waals surface area contributed by atoms with E-state index in [0.29, 0.717) is 5.56 Å². The molecule has 0 unspecified atom stereocenters. The Hall–Kier alpha value is -3.33. The first-order valence-electron chi connectivity index (χ1n) is 9.09. The maximum absolute atomic E-state index is 14.5. The Kier molecular flexibility index (Phi) is 6.08. The predicted octanol–water partition coefficient (Wildman–Crippen LogP) is 5.74. The number of carbonyl (C=O) groups is 1. The molecule has 3 aromatic rings. The van der Waals surface area contributed by atoms with Crippen LogP contribution in [0.2, 0.25) is 0 Å². The summed E-state index contributed by atoms with van der Waals surface area (Å²) in [6.45, 7) is 4.85. The summed E-state index contributed by atoms with van der Waals surface area (Å²) in [5.74, 6) is -2.68. The van der Waals surface area contributed by atoms with Gasteiger partial charge in [0, 0.05) is 21.7 Å². The number of rotatable bonds is 4. The molecule has 0 amide bonds. The smallest absolute Gasteiger partial charge is 0.375 e.